The van der Waals surface area contributed by atoms with Crippen molar-refractivity contribution < 1.29 is 14.5 Å². The minimum atomic E-state index is -0.663. The number of carbonyl (C=O) groups excluding carboxylic acids is 2. The van der Waals surface area contributed by atoms with E-state index in [1.165, 1.54) is 28.8 Å². The van der Waals surface area contributed by atoms with E-state index in [1.807, 2.05) is 6.92 Å². The summed E-state index contributed by atoms with van der Waals surface area (Å²) in [6, 6.07) is 10.7. The van der Waals surface area contributed by atoms with Crippen molar-refractivity contribution in [3.63, 3.8) is 0 Å². The Kier molecular flexibility index (Phi) is 10.3. The van der Waals surface area contributed by atoms with Crippen molar-refractivity contribution in [2.75, 3.05) is 12.3 Å². The SMILES string of the molecule is CCCNC(=O)C(C)N(Cc1ccc(Cl)c(Cl)c1)C(=O)CSCc1ccc([N+](=O)[O-])cc1. The third-order valence-electron chi connectivity index (χ3n) is 4.69. The maximum Gasteiger partial charge on any atom is 0.269 e. The highest BCUT2D eigenvalue weighted by Gasteiger charge is 2.26. The topological polar surface area (TPSA) is 92.6 Å². The van der Waals surface area contributed by atoms with E-state index in [4.69, 9.17) is 23.2 Å². The number of hydrogen-bond donors (Lipinski definition) is 1. The molecule has 2 aromatic rings. The Morgan fingerprint density at radius 2 is 1.78 bits per heavy atom. The molecule has 0 saturated carbocycles. The van der Waals surface area contributed by atoms with Crippen LogP contribution in [0.2, 0.25) is 10.0 Å². The molecule has 0 aliphatic rings. The van der Waals surface area contributed by atoms with Crippen LogP contribution < -0.4 is 5.32 Å². The molecular weight excluding hydrogens is 473 g/mol. The molecule has 172 valence electrons. The number of amides is 2. The molecule has 32 heavy (non-hydrogen) atoms. The summed E-state index contributed by atoms with van der Waals surface area (Å²) in [6.45, 7) is 4.40. The van der Waals surface area contributed by atoms with Gasteiger partial charge in [0.25, 0.3) is 5.69 Å². The lowest BCUT2D eigenvalue weighted by Crippen LogP contribution is -2.48. The van der Waals surface area contributed by atoms with Crippen LogP contribution in [-0.4, -0.2) is 40.0 Å². The van der Waals surface area contributed by atoms with Gasteiger partial charge in [-0.3, -0.25) is 19.7 Å². The quantitative estimate of drug-likeness (QED) is 0.345. The predicted octanol–water partition coefficient (Wildman–Crippen LogP) is 5.08. The lowest BCUT2D eigenvalue weighted by atomic mass is 10.1. The molecule has 2 aromatic carbocycles. The van der Waals surface area contributed by atoms with Crippen molar-refractivity contribution in [3.8, 4) is 0 Å². The monoisotopic (exact) mass is 497 g/mol. The Balaban J connectivity index is 2.07. The normalized spacial score (nSPS) is 11.6. The summed E-state index contributed by atoms with van der Waals surface area (Å²) >= 11 is 13.5. The number of nitro groups is 1. The molecule has 0 heterocycles. The van der Waals surface area contributed by atoms with E-state index < -0.39 is 11.0 Å². The van der Waals surface area contributed by atoms with Crippen LogP contribution in [0.4, 0.5) is 5.69 Å². The molecule has 0 saturated heterocycles. The smallest absolute Gasteiger partial charge is 0.269 e. The van der Waals surface area contributed by atoms with Crippen LogP contribution in [-0.2, 0) is 21.9 Å². The minimum absolute atomic E-state index is 0.0227. The van der Waals surface area contributed by atoms with Gasteiger partial charge >= 0.3 is 0 Å². The van der Waals surface area contributed by atoms with Crippen LogP contribution in [0.5, 0.6) is 0 Å². The Hall–Kier alpha value is -2.29. The molecule has 0 fully saturated rings. The molecule has 1 atom stereocenters. The first-order valence-corrected chi connectivity index (χ1v) is 12.0. The molecule has 1 N–H and O–H groups in total. The molecule has 0 radical (unpaired) electrons. The van der Waals surface area contributed by atoms with Crippen molar-refractivity contribution >= 4 is 52.5 Å². The lowest BCUT2D eigenvalue weighted by molar-refractivity contribution is -0.384. The van der Waals surface area contributed by atoms with Crippen molar-refractivity contribution in [1.82, 2.24) is 10.2 Å². The zero-order chi connectivity index (χ0) is 23.7. The van der Waals surface area contributed by atoms with Gasteiger partial charge in [-0.1, -0.05) is 48.3 Å². The Labute approximate surface area is 201 Å². The second-order valence-corrected chi connectivity index (χ2v) is 8.95. The Morgan fingerprint density at radius 1 is 1.12 bits per heavy atom. The Morgan fingerprint density at radius 3 is 2.38 bits per heavy atom. The molecule has 1 unspecified atom stereocenters. The fourth-order valence-corrected chi connectivity index (χ4v) is 4.06. The number of rotatable bonds is 11. The highest BCUT2D eigenvalue weighted by Crippen LogP contribution is 2.24. The van der Waals surface area contributed by atoms with Gasteiger partial charge in [0.05, 0.1) is 20.7 Å². The molecule has 0 aliphatic heterocycles. The number of hydrogen-bond acceptors (Lipinski definition) is 5. The molecule has 0 spiro atoms. The van der Waals surface area contributed by atoms with Crippen LogP contribution in [0.1, 0.15) is 31.4 Å². The lowest BCUT2D eigenvalue weighted by Gasteiger charge is -2.29. The van der Waals surface area contributed by atoms with E-state index in [0.717, 1.165) is 17.5 Å². The number of halogens is 2. The van der Waals surface area contributed by atoms with Gasteiger partial charge in [0.2, 0.25) is 11.8 Å². The van der Waals surface area contributed by atoms with Gasteiger partial charge in [-0.05, 0) is 36.6 Å². The fraction of sp³-hybridized carbons (Fsp3) is 0.364. The van der Waals surface area contributed by atoms with Gasteiger partial charge in [-0.2, -0.15) is 0 Å². The summed E-state index contributed by atoms with van der Waals surface area (Å²) in [4.78, 5) is 37.4. The molecule has 2 amide bonds. The van der Waals surface area contributed by atoms with E-state index in [0.29, 0.717) is 22.3 Å². The third kappa shape index (κ3) is 7.69. The zero-order valence-corrected chi connectivity index (χ0v) is 20.2. The second-order valence-electron chi connectivity index (χ2n) is 7.15. The molecule has 10 heteroatoms. The average Bonchev–Trinajstić information content (AvgIpc) is 2.77. The van der Waals surface area contributed by atoms with Crippen LogP contribution in [0.25, 0.3) is 0 Å². The third-order valence-corrected chi connectivity index (χ3v) is 6.42. The standard InChI is InChI=1S/C22H25Cl2N3O4S/c1-3-10-25-22(29)15(2)26(12-17-6-9-19(23)20(24)11-17)21(28)14-32-13-16-4-7-18(8-5-16)27(30)31/h4-9,11,15H,3,10,12-14H2,1-2H3,(H,25,29). The van der Waals surface area contributed by atoms with Gasteiger partial charge in [0.1, 0.15) is 6.04 Å². The van der Waals surface area contributed by atoms with Gasteiger partial charge in [-0.25, -0.2) is 0 Å². The summed E-state index contributed by atoms with van der Waals surface area (Å²) < 4.78 is 0. The summed E-state index contributed by atoms with van der Waals surface area (Å²) in [7, 11) is 0. The Bertz CT molecular complexity index is 957. The summed E-state index contributed by atoms with van der Waals surface area (Å²) in [6.07, 6.45) is 0.796. The van der Waals surface area contributed by atoms with Crippen LogP contribution >= 0.6 is 35.0 Å². The van der Waals surface area contributed by atoms with E-state index in [2.05, 4.69) is 5.32 Å². The average molecular weight is 498 g/mol. The minimum Gasteiger partial charge on any atom is -0.354 e. The molecule has 7 nitrogen and oxygen atoms in total. The van der Waals surface area contributed by atoms with Crippen molar-refractivity contribution in [1.29, 1.82) is 0 Å². The number of non-ortho nitro benzene ring substituents is 1. The van der Waals surface area contributed by atoms with Crippen LogP contribution in [0, 0.1) is 10.1 Å². The number of nitrogens with zero attached hydrogens (tertiary/aromatic N) is 2. The van der Waals surface area contributed by atoms with Crippen molar-refractivity contribution in [2.24, 2.45) is 0 Å². The van der Waals surface area contributed by atoms with Crippen molar-refractivity contribution in [3.05, 3.63) is 73.8 Å². The fourth-order valence-electron chi connectivity index (χ4n) is 2.87. The highest BCUT2D eigenvalue weighted by atomic mass is 35.5. The number of carbonyl (C=O) groups is 2. The van der Waals surface area contributed by atoms with E-state index in [-0.39, 0.29) is 29.8 Å². The van der Waals surface area contributed by atoms with E-state index in [1.54, 1.807) is 37.3 Å². The summed E-state index contributed by atoms with van der Waals surface area (Å²) in [5.74, 6) is 0.257. The summed E-state index contributed by atoms with van der Waals surface area (Å²) in [5.41, 5.74) is 1.66. The van der Waals surface area contributed by atoms with Crippen molar-refractivity contribution in [2.45, 2.75) is 38.6 Å². The maximum absolute atomic E-state index is 13.0. The van der Waals surface area contributed by atoms with Crippen LogP contribution in [0.3, 0.4) is 0 Å². The molecule has 0 aliphatic carbocycles. The second kappa shape index (κ2) is 12.7. The number of nitro benzene ring substituents is 1. The number of benzene rings is 2. The van der Waals surface area contributed by atoms with Gasteiger partial charge in [0, 0.05) is 31.0 Å². The largest absolute Gasteiger partial charge is 0.354 e. The zero-order valence-electron chi connectivity index (χ0n) is 17.8. The molecule has 2 rings (SSSR count). The maximum atomic E-state index is 13.0. The van der Waals surface area contributed by atoms with Gasteiger partial charge in [0.15, 0.2) is 0 Å². The number of nitrogens with one attached hydrogen (secondary N) is 1. The first kappa shape index (κ1) is 26.0. The number of thioether (sulfide) groups is 1. The van der Waals surface area contributed by atoms with Crippen LogP contribution in [0.15, 0.2) is 42.5 Å². The predicted molar refractivity (Wildman–Crippen MR) is 129 cm³/mol. The first-order valence-electron chi connectivity index (χ1n) is 10.0. The molecule has 0 aromatic heterocycles. The highest BCUT2D eigenvalue weighted by molar-refractivity contribution is 7.99. The first-order chi connectivity index (χ1) is 15.2. The molecule has 0 bridgehead atoms. The molecular formula is C22H25Cl2N3O4S. The van der Waals surface area contributed by atoms with E-state index >= 15 is 0 Å². The van der Waals surface area contributed by atoms with Gasteiger partial charge in [-0.15, -0.1) is 11.8 Å². The van der Waals surface area contributed by atoms with E-state index in [9.17, 15) is 19.7 Å². The van der Waals surface area contributed by atoms with Gasteiger partial charge < -0.3 is 10.2 Å². The summed E-state index contributed by atoms with van der Waals surface area (Å²) in [5, 5.41) is 14.4.